The summed E-state index contributed by atoms with van der Waals surface area (Å²) >= 11 is 0. The van der Waals surface area contributed by atoms with Crippen LogP contribution in [-0.4, -0.2) is 0 Å². The topological polar surface area (TPSA) is 0 Å². The van der Waals surface area contributed by atoms with Gasteiger partial charge in [-0.2, -0.15) is 0 Å². The lowest BCUT2D eigenvalue weighted by molar-refractivity contribution is 0.447. The minimum absolute atomic E-state index is 0.276. The van der Waals surface area contributed by atoms with Crippen LogP contribution in [0.2, 0.25) is 0 Å². The van der Waals surface area contributed by atoms with Crippen LogP contribution in [0.15, 0.2) is 72.8 Å². The fraction of sp³-hybridized carbons (Fsp3) is 0.143. The Kier molecular flexibility index (Phi) is 6.59. The van der Waals surface area contributed by atoms with Crippen molar-refractivity contribution in [1.82, 2.24) is 0 Å². The van der Waals surface area contributed by atoms with Gasteiger partial charge in [0.2, 0.25) is 0 Å². The zero-order valence-electron chi connectivity index (χ0n) is 17.9. The molecular formula is C28H21F5. The Hall–Kier alpha value is -3.47. The van der Waals surface area contributed by atoms with Crippen LogP contribution in [0.25, 0.3) is 33.4 Å². The van der Waals surface area contributed by atoms with Crippen LogP contribution in [0.3, 0.4) is 0 Å². The largest absolute Gasteiger partial charge is 0.206 e. The molecule has 4 aromatic carbocycles. The van der Waals surface area contributed by atoms with Crippen molar-refractivity contribution in [1.29, 1.82) is 0 Å². The second kappa shape index (κ2) is 9.57. The van der Waals surface area contributed by atoms with E-state index in [9.17, 15) is 22.0 Å². The minimum Gasteiger partial charge on any atom is -0.206 e. The molecule has 0 fully saturated rings. The smallest absolute Gasteiger partial charge is 0.194 e. The monoisotopic (exact) mass is 452 g/mol. The molecule has 0 bridgehead atoms. The van der Waals surface area contributed by atoms with Gasteiger partial charge in [0.05, 0.1) is 5.56 Å². The molecule has 0 atom stereocenters. The summed E-state index contributed by atoms with van der Waals surface area (Å²) < 4.78 is 69.7. The minimum atomic E-state index is -1.69. The summed E-state index contributed by atoms with van der Waals surface area (Å²) in [5, 5.41) is 0. The Morgan fingerprint density at radius 2 is 0.939 bits per heavy atom. The molecule has 33 heavy (non-hydrogen) atoms. The quantitative estimate of drug-likeness (QED) is 0.203. The average molecular weight is 452 g/mol. The number of unbranched alkanes of at least 4 members (excludes halogenated alkanes) is 1. The van der Waals surface area contributed by atoms with E-state index in [1.54, 1.807) is 12.1 Å². The Balaban J connectivity index is 1.61. The third kappa shape index (κ3) is 4.82. The molecule has 0 saturated carbocycles. The van der Waals surface area contributed by atoms with E-state index in [4.69, 9.17) is 0 Å². The average Bonchev–Trinajstić information content (AvgIpc) is 2.81. The van der Waals surface area contributed by atoms with Gasteiger partial charge < -0.3 is 0 Å². The lowest BCUT2D eigenvalue weighted by Crippen LogP contribution is -1.97. The van der Waals surface area contributed by atoms with E-state index in [-0.39, 0.29) is 5.56 Å². The van der Waals surface area contributed by atoms with Crippen molar-refractivity contribution < 1.29 is 22.0 Å². The number of hydrogen-bond donors (Lipinski definition) is 0. The van der Waals surface area contributed by atoms with E-state index in [1.165, 1.54) is 5.56 Å². The first-order valence-electron chi connectivity index (χ1n) is 10.7. The van der Waals surface area contributed by atoms with E-state index >= 15 is 0 Å². The highest BCUT2D eigenvalue weighted by molar-refractivity contribution is 5.74. The molecule has 0 aliphatic carbocycles. The Morgan fingerprint density at radius 1 is 0.515 bits per heavy atom. The Labute approximate surface area is 189 Å². The molecule has 5 heteroatoms. The summed E-state index contributed by atoms with van der Waals surface area (Å²) in [6.07, 6.45) is 3.33. The lowest BCUT2D eigenvalue weighted by Gasteiger charge is -2.11. The van der Waals surface area contributed by atoms with Crippen molar-refractivity contribution in [2.45, 2.75) is 26.2 Å². The summed E-state index contributed by atoms with van der Waals surface area (Å²) in [4.78, 5) is 0. The fourth-order valence-corrected chi connectivity index (χ4v) is 3.82. The molecule has 0 amide bonds. The summed E-state index contributed by atoms with van der Waals surface area (Å²) in [6.45, 7) is 2.16. The van der Waals surface area contributed by atoms with Crippen LogP contribution in [0.5, 0.6) is 0 Å². The second-order valence-electron chi connectivity index (χ2n) is 7.95. The normalized spacial score (nSPS) is 11.1. The number of hydrogen-bond acceptors (Lipinski definition) is 0. The Morgan fingerprint density at radius 3 is 1.42 bits per heavy atom. The lowest BCUT2D eigenvalue weighted by atomic mass is 9.96. The van der Waals surface area contributed by atoms with E-state index in [0.717, 1.165) is 42.5 Å². The van der Waals surface area contributed by atoms with E-state index in [1.807, 2.05) is 12.1 Å². The van der Waals surface area contributed by atoms with Crippen molar-refractivity contribution in [3.63, 3.8) is 0 Å². The number of rotatable bonds is 6. The van der Waals surface area contributed by atoms with Crippen LogP contribution >= 0.6 is 0 Å². The maximum Gasteiger partial charge on any atom is 0.194 e. The second-order valence-corrected chi connectivity index (χ2v) is 7.95. The zero-order chi connectivity index (χ0) is 23.5. The molecule has 0 N–H and O–H groups in total. The van der Waals surface area contributed by atoms with E-state index in [0.29, 0.717) is 17.7 Å². The van der Waals surface area contributed by atoms with Gasteiger partial charge in [-0.25, -0.2) is 22.0 Å². The molecule has 0 heterocycles. The van der Waals surface area contributed by atoms with Crippen LogP contribution in [0.4, 0.5) is 22.0 Å². The van der Waals surface area contributed by atoms with Gasteiger partial charge in [-0.05, 0) is 70.5 Å². The van der Waals surface area contributed by atoms with Crippen LogP contribution in [-0.2, 0) is 6.42 Å². The number of benzene rings is 4. The molecule has 0 saturated heterocycles. The number of halogens is 5. The van der Waals surface area contributed by atoms with Crippen LogP contribution in [0, 0.1) is 29.1 Å². The van der Waals surface area contributed by atoms with Gasteiger partial charge >= 0.3 is 0 Å². The molecule has 4 aromatic rings. The molecule has 0 radical (unpaired) electrons. The van der Waals surface area contributed by atoms with E-state index < -0.39 is 40.2 Å². The molecule has 0 aliphatic heterocycles. The zero-order valence-corrected chi connectivity index (χ0v) is 17.9. The fourth-order valence-electron chi connectivity index (χ4n) is 3.82. The van der Waals surface area contributed by atoms with Crippen molar-refractivity contribution in [2.24, 2.45) is 0 Å². The molecule has 0 unspecified atom stereocenters. The van der Waals surface area contributed by atoms with Crippen LogP contribution in [0.1, 0.15) is 25.3 Å². The van der Waals surface area contributed by atoms with E-state index in [2.05, 4.69) is 31.2 Å². The summed E-state index contributed by atoms with van der Waals surface area (Å²) in [6, 6.07) is 18.9. The van der Waals surface area contributed by atoms with Gasteiger partial charge in [-0.3, -0.25) is 0 Å². The molecular weight excluding hydrogens is 431 g/mol. The van der Waals surface area contributed by atoms with Crippen molar-refractivity contribution in [3.05, 3.63) is 107 Å². The summed E-state index contributed by atoms with van der Waals surface area (Å²) in [5.41, 5.74) is 3.12. The summed E-state index contributed by atoms with van der Waals surface area (Å²) in [7, 11) is 0. The van der Waals surface area contributed by atoms with Gasteiger partial charge in [0.15, 0.2) is 17.5 Å². The molecule has 0 spiro atoms. The van der Waals surface area contributed by atoms with Crippen LogP contribution < -0.4 is 0 Å². The Bertz CT molecular complexity index is 1230. The highest BCUT2D eigenvalue weighted by Gasteiger charge is 2.18. The highest BCUT2D eigenvalue weighted by Crippen LogP contribution is 2.33. The molecule has 0 aliphatic rings. The van der Waals surface area contributed by atoms with Crippen molar-refractivity contribution >= 4 is 0 Å². The highest BCUT2D eigenvalue weighted by atomic mass is 19.2. The third-order valence-corrected chi connectivity index (χ3v) is 5.64. The first-order valence-corrected chi connectivity index (χ1v) is 10.7. The standard InChI is InChI=1S/C28H21F5/c1-2-3-4-17-5-7-18(8-6-17)19-9-11-20(12-10-19)21-13-23(29)27(24(30)14-21)22-15-25(31)28(33)26(32)16-22/h5-16H,2-4H2,1H3. The molecule has 0 nitrogen and oxygen atoms in total. The predicted molar refractivity (Wildman–Crippen MR) is 121 cm³/mol. The molecule has 168 valence electrons. The van der Waals surface area contributed by atoms with Gasteiger partial charge in [-0.1, -0.05) is 61.9 Å². The first-order chi connectivity index (χ1) is 15.9. The maximum absolute atomic E-state index is 14.7. The number of aryl methyl sites for hydroxylation is 1. The van der Waals surface area contributed by atoms with Crippen molar-refractivity contribution in [2.75, 3.05) is 0 Å². The van der Waals surface area contributed by atoms with Gasteiger partial charge in [0.1, 0.15) is 11.6 Å². The van der Waals surface area contributed by atoms with Crippen molar-refractivity contribution in [3.8, 4) is 33.4 Å². The summed E-state index contributed by atoms with van der Waals surface area (Å²) in [5.74, 6) is -6.71. The van der Waals surface area contributed by atoms with Gasteiger partial charge in [0.25, 0.3) is 0 Å². The first kappa shape index (κ1) is 22.7. The maximum atomic E-state index is 14.7. The van der Waals surface area contributed by atoms with Gasteiger partial charge in [-0.15, -0.1) is 0 Å². The molecule has 0 aromatic heterocycles. The predicted octanol–water partition coefficient (Wildman–Crippen LogP) is 8.73. The molecule has 4 rings (SSSR count). The third-order valence-electron chi connectivity index (χ3n) is 5.64. The SMILES string of the molecule is CCCCc1ccc(-c2ccc(-c3cc(F)c(-c4cc(F)c(F)c(F)c4)c(F)c3)cc2)cc1. The van der Waals surface area contributed by atoms with Gasteiger partial charge in [0, 0.05) is 0 Å².